The van der Waals surface area contributed by atoms with Crippen molar-refractivity contribution in [2.24, 2.45) is 22.7 Å². The lowest BCUT2D eigenvalue weighted by Crippen LogP contribution is -2.52. The maximum Gasteiger partial charge on any atom is 0.407 e. The first-order valence-corrected chi connectivity index (χ1v) is 24.1. The van der Waals surface area contributed by atoms with Crippen LogP contribution in [0, 0.1) is 22.7 Å². The maximum absolute atomic E-state index is 14.6. The Morgan fingerprint density at radius 2 is 1.12 bits per heavy atom. The Morgan fingerprint density at radius 1 is 0.687 bits per heavy atom. The largest absolute Gasteiger partial charge is 0.460 e. The van der Waals surface area contributed by atoms with Gasteiger partial charge in [-0.3, -0.25) is 28.8 Å². The topological polar surface area (TPSA) is 177 Å². The molecule has 3 aliphatic rings. The van der Waals surface area contributed by atoms with Crippen LogP contribution < -0.4 is 16.0 Å². The number of nitrogens with zero attached hydrogens (tertiary/aromatic N) is 1. The first kappa shape index (κ1) is 52.7. The predicted molar refractivity (Wildman–Crippen MR) is 259 cm³/mol. The van der Waals surface area contributed by atoms with Crippen molar-refractivity contribution in [3.8, 4) is 11.1 Å². The second-order valence-corrected chi connectivity index (χ2v) is 21.4. The van der Waals surface area contributed by atoms with Gasteiger partial charge in [0, 0.05) is 64.2 Å². The van der Waals surface area contributed by atoms with Gasteiger partial charge in [-0.15, -0.1) is 0 Å². The standard InChI is InChI=1S/C54H74N4O9/c1-35(28-41-45(59)30-53(6,7)31-46(41)60)20-22-55-24-26-58(27-25-56-23-21-36(2)29-42-47(61)32-54(8,9)33-48(42)62)50(64)44(18-19-49(63)67-52(3,4)5)57-51(65)66-34-43-39-16-12-10-14-37(39)38-15-11-13-17-40(38)43/h10-17,28-29,35-36,43-44,55-56H,18-27,30-34H2,1-9H3,(H,57,65)/t35-,36-,44?/m0/s1. The molecule has 3 aliphatic carbocycles. The van der Waals surface area contributed by atoms with Gasteiger partial charge in [-0.1, -0.05) is 102 Å². The van der Waals surface area contributed by atoms with Gasteiger partial charge in [0.1, 0.15) is 18.2 Å². The van der Waals surface area contributed by atoms with Crippen molar-refractivity contribution in [2.75, 3.05) is 45.9 Å². The van der Waals surface area contributed by atoms with E-state index in [4.69, 9.17) is 9.47 Å². The summed E-state index contributed by atoms with van der Waals surface area (Å²) < 4.78 is 11.4. The molecule has 5 rings (SSSR count). The summed E-state index contributed by atoms with van der Waals surface area (Å²) in [5, 5.41) is 9.61. The monoisotopic (exact) mass is 923 g/mol. The fraction of sp³-hybridized carbons (Fsp3) is 0.574. The van der Waals surface area contributed by atoms with E-state index < -0.39 is 23.7 Å². The van der Waals surface area contributed by atoms with Crippen molar-refractivity contribution in [3.63, 3.8) is 0 Å². The number of ether oxygens (including phenoxy) is 2. The molecule has 2 amide bonds. The highest BCUT2D eigenvalue weighted by Crippen LogP contribution is 2.44. The molecule has 3 N–H and O–H groups in total. The number of Topliss-reactive ketones (excluding diaryl/α,β-unsaturated/α-hetero) is 4. The number of carbonyl (C=O) groups excluding carboxylic acids is 7. The number of hydrogen-bond acceptors (Lipinski definition) is 11. The van der Waals surface area contributed by atoms with E-state index in [0.29, 0.717) is 75.9 Å². The lowest BCUT2D eigenvalue weighted by atomic mass is 9.73. The summed E-state index contributed by atoms with van der Waals surface area (Å²) in [6, 6.07) is 15.0. The molecule has 2 aromatic rings. The minimum Gasteiger partial charge on any atom is -0.460 e. The van der Waals surface area contributed by atoms with E-state index in [1.54, 1.807) is 37.8 Å². The molecule has 0 saturated heterocycles. The number of allylic oxidation sites excluding steroid dienone is 4. The van der Waals surface area contributed by atoms with E-state index in [1.165, 1.54) is 0 Å². The van der Waals surface area contributed by atoms with Crippen molar-refractivity contribution in [3.05, 3.63) is 83.0 Å². The van der Waals surface area contributed by atoms with Gasteiger partial charge in [-0.2, -0.15) is 0 Å². The second-order valence-electron chi connectivity index (χ2n) is 21.4. The predicted octanol–water partition coefficient (Wildman–Crippen LogP) is 7.85. The number of fused-ring (bicyclic) bond motifs is 3. The highest BCUT2D eigenvalue weighted by Gasteiger charge is 2.37. The highest BCUT2D eigenvalue weighted by atomic mass is 16.6. The Bertz CT molecular complexity index is 2050. The molecule has 0 bridgehead atoms. The van der Waals surface area contributed by atoms with E-state index >= 15 is 0 Å². The second kappa shape index (κ2) is 23.2. The number of amides is 2. The van der Waals surface area contributed by atoms with Gasteiger partial charge in [0.2, 0.25) is 5.91 Å². The Kier molecular flexibility index (Phi) is 18.2. The molecule has 0 heterocycles. The molecule has 0 radical (unpaired) electrons. The number of rotatable bonds is 21. The first-order chi connectivity index (χ1) is 31.5. The molecular weight excluding hydrogens is 849 g/mol. The Morgan fingerprint density at radius 3 is 1.55 bits per heavy atom. The van der Waals surface area contributed by atoms with Gasteiger partial charge in [-0.05, 0) is 98.0 Å². The van der Waals surface area contributed by atoms with Crippen LogP contribution in [-0.4, -0.2) is 104 Å². The molecule has 67 heavy (non-hydrogen) atoms. The molecule has 3 atom stereocenters. The fourth-order valence-corrected chi connectivity index (χ4v) is 9.25. The van der Waals surface area contributed by atoms with Crippen LogP contribution in [0.25, 0.3) is 11.1 Å². The number of benzene rings is 2. The molecule has 1 unspecified atom stereocenters. The van der Waals surface area contributed by atoms with Gasteiger partial charge < -0.3 is 30.3 Å². The fourth-order valence-electron chi connectivity index (χ4n) is 9.25. The third kappa shape index (κ3) is 15.6. The summed E-state index contributed by atoms with van der Waals surface area (Å²) in [7, 11) is 0. The van der Waals surface area contributed by atoms with Crippen LogP contribution in [0.2, 0.25) is 0 Å². The number of esters is 1. The zero-order chi connectivity index (χ0) is 49.1. The summed E-state index contributed by atoms with van der Waals surface area (Å²) in [5.41, 5.74) is 3.47. The molecule has 0 aromatic heterocycles. The van der Waals surface area contributed by atoms with Crippen LogP contribution in [-0.2, 0) is 38.2 Å². The number of carbonyl (C=O) groups is 7. The van der Waals surface area contributed by atoms with Gasteiger partial charge in [0.05, 0.1) is 11.1 Å². The zero-order valence-corrected chi connectivity index (χ0v) is 41.3. The Labute approximate surface area is 397 Å². The van der Waals surface area contributed by atoms with Crippen molar-refractivity contribution < 1.29 is 43.0 Å². The average Bonchev–Trinajstić information content (AvgIpc) is 3.55. The lowest BCUT2D eigenvalue weighted by Gasteiger charge is -2.29. The van der Waals surface area contributed by atoms with Crippen LogP contribution in [0.5, 0.6) is 0 Å². The summed E-state index contributed by atoms with van der Waals surface area (Å²) in [5.74, 6) is -1.57. The molecule has 0 spiro atoms. The number of nitrogens with one attached hydrogen (secondary N) is 3. The van der Waals surface area contributed by atoms with Crippen molar-refractivity contribution in [1.82, 2.24) is 20.9 Å². The average molecular weight is 923 g/mol. The molecule has 364 valence electrons. The zero-order valence-electron chi connectivity index (χ0n) is 41.3. The van der Waals surface area contributed by atoms with Gasteiger partial charge in [0.15, 0.2) is 23.1 Å². The van der Waals surface area contributed by atoms with Gasteiger partial charge >= 0.3 is 12.1 Å². The molecule has 13 heteroatoms. The summed E-state index contributed by atoms with van der Waals surface area (Å²) in [6.07, 6.45) is 5.38. The summed E-state index contributed by atoms with van der Waals surface area (Å²) in [6.45, 7) is 19.6. The molecular formula is C54H74N4O9. The molecule has 2 fully saturated rings. The smallest absolute Gasteiger partial charge is 0.407 e. The SMILES string of the molecule is C[C@H](C=C1C(=O)CC(C)(C)CC1=O)CCNCCN(CCNCC[C@H](C)C=C1C(=O)CC(C)(C)CC1=O)C(=O)C(CCC(=O)OC(C)(C)C)NC(=O)OCC1c2ccccc2-c2ccccc21. The van der Waals surface area contributed by atoms with Crippen molar-refractivity contribution in [1.29, 1.82) is 0 Å². The highest BCUT2D eigenvalue weighted by molar-refractivity contribution is 6.22. The van der Waals surface area contributed by atoms with Crippen LogP contribution in [0.3, 0.4) is 0 Å². The summed E-state index contributed by atoms with van der Waals surface area (Å²) >= 11 is 0. The van der Waals surface area contributed by atoms with E-state index in [9.17, 15) is 33.6 Å². The van der Waals surface area contributed by atoms with E-state index in [0.717, 1.165) is 22.3 Å². The van der Waals surface area contributed by atoms with E-state index in [1.807, 2.05) is 77.9 Å². The Balaban J connectivity index is 1.24. The number of alkyl carbamates (subject to hydrolysis) is 1. The maximum atomic E-state index is 14.6. The lowest BCUT2D eigenvalue weighted by molar-refractivity contribution is -0.155. The third-order valence-electron chi connectivity index (χ3n) is 12.6. The van der Waals surface area contributed by atoms with Crippen LogP contribution in [0.15, 0.2) is 71.8 Å². The number of hydrogen-bond donors (Lipinski definition) is 3. The molecule has 0 aliphatic heterocycles. The van der Waals surface area contributed by atoms with Crippen LogP contribution >= 0.6 is 0 Å². The van der Waals surface area contributed by atoms with E-state index in [2.05, 4.69) is 28.1 Å². The summed E-state index contributed by atoms with van der Waals surface area (Å²) in [4.78, 5) is 93.9. The van der Waals surface area contributed by atoms with Gasteiger partial charge in [0.25, 0.3) is 0 Å². The molecule has 2 saturated carbocycles. The van der Waals surface area contributed by atoms with Crippen LogP contribution in [0.4, 0.5) is 4.79 Å². The minimum atomic E-state index is -1.10. The molecule has 2 aromatic carbocycles. The van der Waals surface area contributed by atoms with E-state index in [-0.39, 0.29) is 90.2 Å². The van der Waals surface area contributed by atoms with Crippen molar-refractivity contribution in [2.45, 2.75) is 131 Å². The minimum absolute atomic E-state index is 0.0170. The molecule has 13 nitrogen and oxygen atoms in total. The number of ketones is 4. The first-order valence-electron chi connectivity index (χ1n) is 24.1. The Hall–Kier alpha value is -5.27. The van der Waals surface area contributed by atoms with Crippen LogP contribution in [0.1, 0.15) is 131 Å². The third-order valence-corrected chi connectivity index (χ3v) is 12.6. The quantitative estimate of drug-likeness (QED) is 0.0481. The van der Waals surface area contributed by atoms with Crippen molar-refractivity contribution >= 4 is 41.1 Å². The van der Waals surface area contributed by atoms with Gasteiger partial charge in [-0.25, -0.2) is 4.79 Å². The normalized spacial score (nSPS) is 18.1.